The van der Waals surface area contributed by atoms with Crippen LogP contribution in [0.15, 0.2) is 40.9 Å². The van der Waals surface area contributed by atoms with Gasteiger partial charge in [-0.3, -0.25) is 4.79 Å². The maximum Gasteiger partial charge on any atom is 0.290 e. The van der Waals surface area contributed by atoms with Gasteiger partial charge in [0.1, 0.15) is 5.69 Å². The summed E-state index contributed by atoms with van der Waals surface area (Å²) in [5, 5.41) is 6.81. The van der Waals surface area contributed by atoms with Gasteiger partial charge in [-0.05, 0) is 12.8 Å². The molecule has 0 aliphatic heterocycles. The molecule has 1 atom stereocenters. The van der Waals surface area contributed by atoms with Crippen LogP contribution >= 0.6 is 0 Å². The first kappa shape index (κ1) is 13.3. The van der Waals surface area contributed by atoms with E-state index in [1.165, 1.54) is 0 Å². The first-order valence-electron chi connectivity index (χ1n) is 6.41. The van der Waals surface area contributed by atoms with Crippen LogP contribution < -0.4 is 5.32 Å². The molecule has 0 bridgehead atoms. The van der Waals surface area contributed by atoms with Gasteiger partial charge in [-0.15, -0.1) is 0 Å². The van der Waals surface area contributed by atoms with Crippen LogP contribution in [0.25, 0.3) is 11.3 Å². The van der Waals surface area contributed by atoms with Crippen molar-refractivity contribution in [3.8, 4) is 11.3 Å². The highest BCUT2D eigenvalue weighted by Gasteiger charge is 2.17. The predicted octanol–water partition coefficient (Wildman–Crippen LogP) is 3.12. The molecule has 1 unspecified atom stereocenters. The third kappa shape index (κ3) is 3.22. The van der Waals surface area contributed by atoms with Crippen molar-refractivity contribution in [2.75, 3.05) is 0 Å². The van der Waals surface area contributed by atoms with Crippen molar-refractivity contribution in [2.45, 2.75) is 26.8 Å². The average molecular weight is 258 g/mol. The fourth-order valence-corrected chi connectivity index (χ4v) is 1.57. The van der Waals surface area contributed by atoms with E-state index in [4.69, 9.17) is 4.52 Å². The van der Waals surface area contributed by atoms with Crippen LogP contribution in [0.1, 0.15) is 31.3 Å². The van der Waals surface area contributed by atoms with Crippen LogP contribution in [0.2, 0.25) is 0 Å². The second kappa shape index (κ2) is 5.69. The second-order valence-corrected chi connectivity index (χ2v) is 4.95. The molecule has 1 N–H and O–H groups in total. The van der Waals surface area contributed by atoms with Gasteiger partial charge in [0.15, 0.2) is 0 Å². The van der Waals surface area contributed by atoms with Gasteiger partial charge in [-0.1, -0.05) is 49.3 Å². The highest BCUT2D eigenvalue weighted by molar-refractivity contribution is 5.92. The number of nitrogens with zero attached hydrogens (tertiary/aromatic N) is 1. The molecule has 0 spiro atoms. The molecule has 0 saturated carbocycles. The second-order valence-electron chi connectivity index (χ2n) is 4.95. The molecule has 100 valence electrons. The van der Waals surface area contributed by atoms with E-state index < -0.39 is 0 Å². The lowest BCUT2D eigenvalue weighted by atomic mass is 10.1. The summed E-state index contributed by atoms with van der Waals surface area (Å²) < 4.78 is 5.10. The van der Waals surface area contributed by atoms with E-state index in [0.717, 1.165) is 5.56 Å². The minimum atomic E-state index is -0.226. The van der Waals surface area contributed by atoms with Gasteiger partial charge in [0.05, 0.1) is 0 Å². The van der Waals surface area contributed by atoms with E-state index in [-0.39, 0.29) is 17.7 Å². The van der Waals surface area contributed by atoms with E-state index in [1.54, 1.807) is 6.07 Å². The minimum Gasteiger partial charge on any atom is -0.350 e. The zero-order valence-electron chi connectivity index (χ0n) is 11.4. The standard InChI is InChI=1S/C15H18N2O2/c1-10(2)11(3)16-15(18)14-9-13(17-19-14)12-7-5-4-6-8-12/h4-11H,1-3H3,(H,16,18). The van der Waals surface area contributed by atoms with Crippen molar-refractivity contribution in [1.29, 1.82) is 0 Å². The Labute approximate surface area is 112 Å². The Balaban J connectivity index is 2.11. The summed E-state index contributed by atoms with van der Waals surface area (Å²) in [6.07, 6.45) is 0. The maximum absolute atomic E-state index is 12.0. The van der Waals surface area contributed by atoms with E-state index in [0.29, 0.717) is 11.6 Å². The lowest BCUT2D eigenvalue weighted by Crippen LogP contribution is -2.35. The first-order chi connectivity index (χ1) is 9.08. The zero-order chi connectivity index (χ0) is 13.8. The van der Waals surface area contributed by atoms with Crippen LogP contribution in [0.4, 0.5) is 0 Å². The quantitative estimate of drug-likeness (QED) is 0.916. The number of carbonyl (C=O) groups excluding carboxylic acids is 1. The number of nitrogens with one attached hydrogen (secondary N) is 1. The van der Waals surface area contributed by atoms with Crippen molar-refractivity contribution >= 4 is 5.91 Å². The van der Waals surface area contributed by atoms with Gasteiger partial charge in [0.25, 0.3) is 5.91 Å². The van der Waals surface area contributed by atoms with Crippen molar-refractivity contribution < 1.29 is 9.32 Å². The Kier molecular flexibility index (Phi) is 4.00. The molecule has 0 radical (unpaired) electrons. The Bertz CT molecular complexity index is 546. The molecular formula is C15H18N2O2. The minimum absolute atomic E-state index is 0.0952. The fourth-order valence-electron chi connectivity index (χ4n) is 1.57. The lowest BCUT2D eigenvalue weighted by Gasteiger charge is -2.15. The van der Waals surface area contributed by atoms with Crippen LogP contribution in [-0.2, 0) is 0 Å². The number of hydrogen-bond acceptors (Lipinski definition) is 3. The summed E-state index contributed by atoms with van der Waals surface area (Å²) in [4.78, 5) is 12.0. The molecule has 0 saturated heterocycles. The predicted molar refractivity (Wildman–Crippen MR) is 73.7 cm³/mol. The Hall–Kier alpha value is -2.10. The summed E-state index contributed by atoms with van der Waals surface area (Å²) >= 11 is 0. The first-order valence-corrected chi connectivity index (χ1v) is 6.41. The van der Waals surface area contributed by atoms with Crippen molar-refractivity contribution in [3.05, 3.63) is 42.2 Å². The van der Waals surface area contributed by atoms with E-state index in [2.05, 4.69) is 24.3 Å². The van der Waals surface area contributed by atoms with Crippen LogP contribution in [0.3, 0.4) is 0 Å². The van der Waals surface area contributed by atoms with Gasteiger partial charge < -0.3 is 9.84 Å². The zero-order valence-corrected chi connectivity index (χ0v) is 11.4. The molecule has 4 heteroatoms. The SMILES string of the molecule is CC(C)C(C)NC(=O)c1cc(-c2ccccc2)no1. The van der Waals surface area contributed by atoms with Crippen LogP contribution in [-0.4, -0.2) is 17.1 Å². The molecule has 0 fully saturated rings. The van der Waals surface area contributed by atoms with E-state index in [1.807, 2.05) is 37.3 Å². The van der Waals surface area contributed by atoms with Crippen molar-refractivity contribution in [1.82, 2.24) is 10.5 Å². The van der Waals surface area contributed by atoms with Crippen LogP contribution in [0, 0.1) is 5.92 Å². The smallest absolute Gasteiger partial charge is 0.290 e. The van der Waals surface area contributed by atoms with E-state index >= 15 is 0 Å². The molecular weight excluding hydrogens is 240 g/mol. The normalized spacial score (nSPS) is 12.4. The molecule has 1 aromatic carbocycles. The summed E-state index contributed by atoms with van der Waals surface area (Å²) in [5.41, 5.74) is 1.60. The molecule has 0 aliphatic carbocycles. The number of benzene rings is 1. The lowest BCUT2D eigenvalue weighted by molar-refractivity contribution is 0.0893. The fraction of sp³-hybridized carbons (Fsp3) is 0.333. The Morgan fingerprint density at radius 1 is 1.21 bits per heavy atom. The van der Waals surface area contributed by atoms with Gasteiger partial charge in [-0.2, -0.15) is 0 Å². The highest BCUT2D eigenvalue weighted by Crippen LogP contribution is 2.18. The molecule has 4 nitrogen and oxygen atoms in total. The number of aromatic nitrogens is 1. The summed E-state index contributed by atoms with van der Waals surface area (Å²) in [5.74, 6) is 0.391. The van der Waals surface area contributed by atoms with Gasteiger partial charge in [-0.25, -0.2) is 0 Å². The van der Waals surface area contributed by atoms with Gasteiger partial charge in [0.2, 0.25) is 5.76 Å². The monoisotopic (exact) mass is 258 g/mol. The summed E-state index contributed by atoms with van der Waals surface area (Å²) in [6, 6.07) is 11.4. The molecule has 1 heterocycles. The Morgan fingerprint density at radius 2 is 1.89 bits per heavy atom. The number of rotatable bonds is 4. The maximum atomic E-state index is 12.0. The third-order valence-corrected chi connectivity index (χ3v) is 3.16. The van der Waals surface area contributed by atoms with Gasteiger partial charge in [0, 0.05) is 17.7 Å². The third-order valence-electron chi connectivity index (χ3n) is 3.16. The van der Waals surface area contributed by atoms with Crippen molar-refractivity contribution in [2.24, 2.45) is 5.92 Å². The largest absolute Gasteiger partial charge is 0.350 e. The summed E-state index contributed by atoms with van der Waals surface area (Å²) in [7, 11) is 0. The average Bonchev–Trinajstić information content (AvgIpc) is 2.89. The molecule has 0 aliphatic rings. The van der Waals surface area contributed by atoms with Gasteiger partial charge >= 0.3 is 0 Å². The topological polar surface area (TPSA) is 55.1 Å². The molecule has 19 heavy (non-hydrogen) atoms. The molecule has 1 amide bonds. The molecule has 2 aromatic rings. The van der Waals surface area contributed by atoms with Crippen LogP contribution in [0.5, 0.6) is 0 Å². The van der Waals surface area contributed by atoms with E-state index in [9.17, 15) is 4.79 Å². The van der Waals surface area contributed by atoms with Crippen molar-refractivity contribution in [3.63, 3.8) is 0 Å². The number of carbonyl (C=O) groups is 1. The number of amides is 1. The number of hydrogen-bond donors (Lipinski definition) is 1. The Morgan fingerprint density at radius 3 is 2.53 bits per heavy atom. The highest BCUT2D eigenvalue weighted by atomic mass is 16.5. The summed E-state index contributed by atoms with van der Waals surface area (Å²) in [6.45, 7) is 6.08. The molecule has 1 aromatic heterocycles. The molecule has 2 rings (SSSR count).